The molecule has 0 fully saturated rings. The van der Waals surface area contributed by atoms with E-state index in [1.165, 1.54) is 34.6 Å². The van der Waals surface area contributed by atoms with Gasteiger partial charge < -0.3 is 138 Å². The van der Waals surface area contributed by atoms with E-state index in [-0.39, 0.29) is 38.1 Å². The van der Waals surface area contributed by atoms with Crippen LogP contribution in [0.15, 0.2) is 0 Å². The van der Waals surface area contributed by atoms with Gasteiger partial charge in [0.15, 0.2) is 0 Å². The summed E-state index contributed by atoms with van der Waals surface area (Å²) in [4.78, 5) is 284. The van der Waals surface area contributed by atoms with E-state index in [1.54, 1.807) is 27.7 Å². The Morgan fingerprint density at radius 3 is 1.15 bits per heavy atom. The minimum absolute atomic E-state index is 0.00309. The highest BCUT2D eigenvalue weighted by Crippen LogP contribution is 2.14. The van der Waals surface area contributed by atoms with Crippen molar-refractivity contribution in [1.29, 1.82) is 0 Å². The van der Waals surface area contributed by atoms with Crippen molar-refractivity contribution in [3.05, 3.63) is 0 Å². The molecule has 0 aliphatic carbocycles. The predicted octanol–water partition coefficient (Wildman–Crippen LogP) is -11.2. The zero-order chi connectivity index (χ0) is 89.7. The van der Waals surface area contributed by atoms with Crippen LogP contribution in [0.1, 0.15) is 146 Å². The first kappa shape index (κ1) is 105. The summed E-state index contributed by atoms with van der Waals surface area (Å²) in [7, 11) is 0. The van der Waals surface area contributed by atoms with Crippen molar-refractivity contribution in [2.75, 3.05) is 52.4 Å². The van der Waals surface area contributed by atoms with Crippen LogP contribution in [0, 0.1) is 23.7 Å². The second kappa shape index (κ2) is 54.9. The lowest BCUT2D eigenvalue weighted by molar-refractivity contribution is -0.140. The van der Waals surface area contributed by atoms with Gasteiger partial charge in [-0.25, -0.2) is 0 Å². The number of carbonyl (C=O) groups excluding carboxylic acids is 18. The average Bonchev–Trinajstić information content (AvgIpc) is 0.855. The predicted molar refractivity (Wildman–Crippen MR) is 405 cm³/mol. The number of hydrogen-bond acceptors (Lipinski definition) is 26. The number of hydrogen-bond donors (Lipinski definition) is 26. The SMILES string of the molecule is CC[C@H](C)[C@H](NC(=O)[C@H](CC(C)C)NC(=O)CNC(=O)[C@@H](NC(=O)[C@H](CO)NC(=O)[C@@H](NC(=O)[C@@H](NC(=O)CNC(=O)[C@H](C)NC(=O)[C@H](CCCCN)NC(=O)[C@H](CCC(=O)O)NC(=O)[C@H](CCC(=O)O)NC(=O)[C@H](CCC(N)=O)NC(=O)CNC(=O)[C@@H](N)CC(=O)O)C(C)C)C(C)C)[C@@H](C)O)C(=O)NCC(=O)NCC(=O)NCC(=O)O. The Morgan fingerprint density at radius 2 is 0.709 bits per heavy atom. The quantitative estimate of drug-likeness (QED) is 0.0251. The van der Waals surface area contributed by atoms with Crippen molar-refractivity contribution < 1.29 is 136 Å². The molecular weight excluding hydrogens is 1560 g/mol. The number of aliphatic hydroxyl groups excluding tert-OH is 2. The van der Waals surface area contributed by atoms with Crippen molar-refractivity contribution in [2.24, 2.45) is 40.9 Å². The van der Waals surface area contributed by atoms with Crippen LogP contribution in [0.4, 0.5) is 0 Å². The molecular formula is C69H116N20O28. The Balaban J connectivity index is 6.27. The molecule has 0 aromatic carbocycles. The van der Waals surface area contributed by atoms with Gasteiger partial charge in [0.25, 0.3) is 0 Å². The normalized spacial score (nSPS) is 14.6. The number of aliphatic hydroxyl groups is 2. The standard InChI is InChI=1S/C69H116N20O28/c1-11-34(8)56(66(114)77-25-46(94)73-24-45(93)74-29-53(104)105)88-64(112)42(22-31(2)3)81-48(96)27-78-67(115)57(36(10)91)89-65(113)43(30-90)85-68(116)55(33(6)7)87-69(117)54(32(4)5)86-49(97)28-75-58(106)35(9)79-60(108)38(14-12-13-21-70)82-62(110)40(16-19-50(98)99)84-63(111)41(17-20-51(100)101)83-61(109)39(15-18-44(72)92)80-47(95)26-76-59(107)37(71)23-52(102)103/h31-43,54-57,90-91H,11-30,70-71H2,1-10H3,(H2,72,92)(H,73,94)(H,74,93)(H,75,106)(H,76,107)(H,77,114)(H,78,115)(H,79,108)(H,80,95)(H,81,96)(H,82,110)(H,83,109)(H,84,111)(H,85,116)(H,86,97)(H,87,117)(H,88,112)(H,89,113)(H,98,99)(H,100,101)(H,102,103)(H,104,105)/t34-,35-,36+,37-,38-,39-,40-,41-,42-,43-,54-,55-,56-,57-/m0/s1. The lowest BCUT2D eigenvalue weighted by Gasteiger charge is -2.29. The lowest BCUT2D eigenvalue weighted by atomic mass is 9.96. The fraction of sp³-hybridized carbons (Fsp3) is 0.681. The second-order valence-corrected chi connectivity index (χ2v) is 28.3. The van der Waals surface area contributed by atoms with Gasteiger partial charge in [0.2, 0.25) is 106 Å². The highest BCUT2D eigenvalue weighted by molar-refractivity contribution is 6.01. The van der Waals surface area contributed by atoms with Crippen LogP contribution >= 0.6 is 0 Å². The summed E-state index contributed by atoms with van der Waals surface area (Å²) >= 11 is 0. The summed E-state index contributed by atoms with van der Waals surface area (Å²) < 4.78 is 0. The van der Waals surface area contributed by atoms with Gasteiger partial charge in [0.1, 0.15) is 73.0 Å². The summed E-state index contributed by atoms with van der Waals surface area (Å²) in [5, 5.41) is 96.5. The van der Waals surface area contributed by atoms with E-state index >= 15 is 0 Å². The van der Waals surface area contributed by atoms with Gasteiger partial charge in [0, 0.05) is 19.3 Å². The summed E-state index contributed by atoms with van der Waals surface area (Å²) in [5.41, 5.74) is 16.4. The second-order valence-electron chi connectivity index (χ2n) is 28.3. The van der Waals surface area contributed by atoms with Crippen molar-refractivity contribution >= 4 is 130 Å². The van der Waals surface area contributed by atoms with Crippen LogP contribution in [0.2, 0.25) is 0 Å². The van der Waals surface area contributed by atoms with Crippen LogP contribution in [0.5, 0.6) is 0 Å². The van der Waals surface area contributed by atoms with Crippen molar-refractivity contribution in [3.63, 3.8) is 0 Å². The largest absolute Gasteiger partial charge is 0.481 e. The monoisotopic (exact) mass is 1670 g/mol. The fourth-order valence-corrected chi connectivity index (χ4v) is 10.3. The molecule has 29 N–H and O–H groups in total. The minimum Gasteiger partial charge on any atom is -0.481 e. The molecule has 117 heavy (non-hydrogen) atoms. The highest BCUT2D eigenvalue weighted by Gasteiger charge is 2.38. The van der Waals surface area contributed by atoms with Gasteiger partial charge in [-0.2, -0.15) is 0 Å². The van der Waals surface area contributed by atoms with Crippen LogP contribution in [-0.2, 0) is 105 Å². The number of aliphatic carboxylic acids is 4. The molecule has 660 valence electrons. The summed E-state index contributed by atoms with van der Waals surface area (Å²) in [6.45, 7) is 9.42. The van der Waals surface area contributed by atoms with Crippen molar-refractivity contribution in [2.45, 2.75) is 225 Å². The van der Waals surface area contributed by atoms with Crippen LogP contribution in [0.3, 0.4) is 0 Å². The molecule has 0 saturated carbocycles. The van der Waals surface area contributed by atoms with E-state index in [0.29, 0.717) is 6.42 Å². The number of carboxylic acids is 4. The van der Waals surface area contributed by atoms with E-state index in [4.69, 9.17) is 27.4 Å². The number of carboxylic acid groups (broad SMARTS) is 4. The molecule has 0 bridgehead atoms. The molecule has 0 spiro atoms. The lowest BCUT2D eigenvalue weighted by Crippen LogP contribution is -2.62. The van der Waals surface area contributed by atoms with Gasteiger partial charge in [-0.3, -0.25) is 105 Å². The number of rotatable bonds is 58. The molecule has 0 saturated heterocycles. The van der Waals surface area contributed by atoms with Crippen LogP contribution in [-0.4, -0.2) is 292 Å². The Hall–Kier alpha value is -11.8. The third-order valence-electron chi connectivity index (χ3n) is 17.1. The van der Waals surface area contributed by atoms with Gasteiger partial charge in [-0.1, -0.05) is 61.8 Å². The molecule has 0 heterocycles. The summed E-state index contributed by atoms with van der Waals surface area (Å²) in [6.07, 6.45) is -6.10. The molecule has 18 amide bonds. The van der Waals surface area contributed by atoms with E-state index in [2.05, 4.69) is 85.1 Å². The Labute approximate surface area is 672 Å². The molecule has 48 nitrogen and oxygen atoms in total. The van der Waals surface area contributed by atoms with E-state index in [9.17, 15) is 126 Å². The van der Waals surface area contributed by atoms with Crippen molar-refractivity contribution in [1.82, 2.24) is 90.4 Å². The molecule has 0 radical (unpaired) electrons. The van der Waals surface area contributed by atoms with E-state index < -0.39 is 317 Å². The van der Waals surface area contributed by atoms with E-state index in [1.807, 2.05) is 5.32 Å². The van der Waals surface area contributed by atoms with Gasteiger partial charge in [-0.15, -0.1) is 0 Å². The molecule has 0 aromatic rings. The molecule has 0 aromatic heterocycles. The van der Waals surface area contributed by atoms with Gasteiger partial charge in [-0.05, 0) is 89.0 Å². The molecule has 0 aliphatic rings. The van der Waals surface area contributed by atoms with Gasteiger partial charge >= 0.3 is 23.9 Å². The van der Waals surface area contributed by atoms with Crippen LogP contribution in [0.25, 0.3) is 0 Å². The topological polar surface area (TPSA) is 779 Å². The van der Waals surface area contributed by atoms with Crippen molar-refractivity contribution in [3.8, 4) is 0 Å². The number of carbonyl (C=O) groups is 22. The van der Waals surface area contributed by atoms with E-state index in [0.717, 1.165) is 6.92 Å². The number of unbranched alkanes of at least 4 members (excludes halogenated alkanes) is 1. The molecule has 14 atom stereocenters. The molecule has 0 aliphatic heterocycles. The third kappa shape index (κ3) is 43.5. The number of nitrogens with one attached hydrogen (secondary N) is 17. The summed E-state index contributed by atoms with van der Waals surface area (Å²) in [6, 6.07) is -19.4. The fourth-order valence-electron chi connectivity index (χ4n) is 10.3. The average molecular weight is 1670 g/mol. The molecule has 0 unspecified atom stereocenters. The third-order valence-corrected chi connectivity index (χ3v) is 17.1. The minimum atomic E-state index is -1.88. The Bertz CT molecular complexity index is 3490. The Morgan fingerprint density at radius 1 is 0.342 bits per heavy atom. The number of nitrogens with two attached hydrogens (primary N) is 3. The number of primary amides is 1. The van der Waals surface area contributed by atoms with Crippen LogP contribution < -0.4 is 108 Å². The first-order valence-corrected chi connectivity index (χ1v) is 37.4. The smallest absolute Gasteiger partial charge is 0.322 e. The zero-order valence-corrected chi connectivity index (χ0v) is 66.9. The molecule has 0 rings (SSSR count). The van der Waals surface area contributed by atoms with Gasteiger partial charge in [0.05, 0.1) is 57.9 Å². The number of amides is 18. The highest BCUT2D eigenvalue weighted by atomic mass is 16.4. The first-order chi connectivity index (χ1) is 54.6. The maximum atomic E-state index is 14.0. The Kier molecular flexibility index (Phi) is 49.3. The first-order valence-electron chi connectivity index (χ1n) is 37.4. The maximum absolute atomic E-state index is 14.0. The molecule has 48 heteroatoms. The zero-order valence-electron chi connectivity index (χ0n) is 66.9. The maximum Gasteiger partial charge on any atom is 0.322 e. The summed E-state index contributed by atoms with van der Waals surface area (Å²) in [5.74, 6) is -26.7.